The number of pyridine rings is 1. The Bertz CT molecular complexity index is 837. The lowest BCUT2D eigenvalue weighted by Crippen LogP contribution is -2.59. The number of aliphatic hydroxyl groups excluding tert-OH is 1. The van der Waals surface area contributed by atoms with Gasteiger partial charge in [0.05, 0.1) is 5.56 Å². The summed E-state index contributed by atoms with van der Waals surface area (Å²) in [5, 5.41) is 13.4. The number of rotatable bonds is 7. The van der Waals surface area contributed by atoms with E-state index < -0.39 is 0 Å². The van der Waals surface area contributed by atoms with E-state index in [1.807, 2.05) is 18.3 Å². The van der Waals surface area contributed by atoms with Gasteiger partial charge in [-0.15, -0.1) is 0 Å². The van der Waals surface area contributed by atoms with E-state index in [4.69, 9.17) is 5.11 Å². The Balaban J connectivity index is 1.37. The maximum atomic E-state index is 13.3. The Morgan fingerprint density at radius 3 is 2.54 bits per heavy atom. The van der Waals surface area contributed by atoms with Crippen molar-refractivity contribution in [1.82, 2.24) is 14.9 Å². The summed E-state index contributed by atoms with van der Waals surface area (Å²) in [4.78, 5) is 17.9. The average molecular weight is 382 g/mol. The van der Waals surface area contributed by atoms with Crippen molar-refractivity contribution in [2.75, 3.05) is 6.61 Å². The van der Waals surface area contributed by atoms with Crippen molar-refractivity contribution in [3.8, 4) is 0 Å². The summed E-state index contributed by atoms with van der Waals surface area (Å²) in [6.45, 7) is 1.07. The molecule has 2 aromatic heterocycles. The van der Waals surface area contributed by atoms with Crippen LogP contribution >= 0.6 is 0 Å². The monoisotopic (exact) mass is 381 g/mol. The van der Waals surface area contributed by atoms with E-state index in [1.165, 1.54) is 38.5 Å². The molecular formula is C23H31N3O2. The number of unbranched alkanes of at least 4 members (excludes halogenated alkanes) is 2. The van der Waals surface area contributed by atoms with Gasteiger partial charge in [-0.05, 0) is 87.7 Å². The number of nitrogens with one attached hydrogen (secondary N) is 1. The summed E-state index contributed by atoms with van der Waals surface area (Å²) in [7, 11) is 0. The molecule has 150 valence electrons. The van der Waals surface area contributed by atoms with Crippen molar-refractivity contribution in [2.45, 2.75) is 69.9 Å². The van der Waals surface area contributed by atoms with Crippen LogP contribution in [0.4, 0.5) is 0 Å². The number of fused-ring (bicyclic) bond motifs is 1. The molecule has 0 spiro atoms. The average Bonchev–Trinajstić information content (AvgIpc) is 3.03. The van der Waals surface area contributed by atoms with Gasteiger partial charge < -0.3 is 15.0 Å². The molecule has 5 heteroatoms. The van der Waals surface area contributed by atoms with Gasteiger partial charge in [-0.3, -0.25) is 4.79 Å². The number of aryl methyl sites for hydroxylation is 1. The molecular weight excluding hydrogens is 350 g/mol. The number of hydrogen-bond acceptors (Lipinski definition) is 3. The summed E-state index contributed by atoms with van der Waals surface area (Å²) >= 11 is 0. The first-order chi connectivity index (χ1) is 13.7. The molecule has 4 fully saturated rings. The zero-order valence-electron chi connectivity index (χ0n) is 16.6. The number of hydrogen-bond donors (Lipinski definition) is 2. The smallest absolute Gasteiger partial charge is 0.253 e. The number of nitrogens with zero attached hydrogens (tertiary/aromatic N) is 2. The summed E-state index contributed by atoms with van der Waals surface area (Å²) in [5.74, 6) is 2.54. The second kappa shape index (κ2) is 7.18. The first-order valence-corrected chi connectivity index (χ1v) is 11.0. The third-order valence-electron chi connectivity index (χ3n) is 7.35. The molecule has 0 unspecified atom stereocenters. The van der Waals surface area contributed by atoms with Crippen LogP contribution in [0.15, 0.2) is 24.5 Å². The van der Waals surface area contributed by atoms with Crippen LogP contribution in [-0.2, 0) is 6.54 Å². The Labute approximate surface area is 166 Å². The van der Waals surface area contributed by atoms with Crippen LogP contribution in [0.5, 0.6) is 0 Å². The Morgan fingerprint density at radius 1 is 1.14 bits per heavy atom. The van der Waals surface area contributed by atoms with E-state index in [2.05, 4.69) is 14.9 Å². The van der Waals surface area contributed by atoms with Gasteiger partial charge in [0.15, 0.2) is 0 Å². The lowest BCUT2D eigenvalue weighted by atomic mass is 9.53. The number of carbonyl (C=O) groups excluding carboxylic acids is 1. The van der Waals surface area contributed by atoms with Crippen LogP contribution in [0.1, 0.15) is 68.1 Å². The van der Waals surface area contributed by atoms with E-state index in [-0.39, 0.29) is 18.1 Å². The predicted octanol–water partition coefficient (Wildman–Crippen LogP) is 3.90. The van der Waals surface area contributed by atoms with Gasteiger partial charge in [0.2, 0.25) is 0 Å². The van der Waals surface area contributed by atoms with E-state index in [9.17, 15) is 4.79 Å². The molecule has 4 aliphatic rings. The van der Waals surface area contributed by atoms with E-state index >= 15 is 0 Å². The van der Waals surface area contributed by atoms with Crippen molar-refractivity contribution < 1.29 is 9.90 Å². The molecule has 2 aromatic rings. The zero-order chi connectivity index (χ0) is 19.1. The van der Waals surface area contributed by atoms with Crippen molar-refractivity contribution in [2.24, 2.45) is 17.8 Å². The summed E-state index contributed by atoms with van der Waals surface area (Å²) in [6, 6.07) is 3.93. The first-order valence-electron chi connectivity index (χ1n) is 11.0. The minimum atomic E-state index is 0.0313. The van der Waals surface area contributed by atoms with E-state index in [1.54, 1.807) is 6.20 Å². The van der Waals surface area contributed by atoms with Crippen molar-refractivity contribution in [1.29, 1.82) is 0 Å². The van der Waals surface area contributed by atoms with Gasteiger partial charge in [-0.2, -0.15) is 0 Å². The van der Waals surface area contributed by atoms with Crippen LogP contribution < -0.4 is 5.32 Å². The molecule has 6 rings (SSSR count). The second-order valence-electron chi connectivity index (χ2n) is 9.55. The van der Waals surface area contributed by atoms with Crippen molar-refractivity contribution >= 4 is 16.9 Å². The van der Waals surface area contributed by atoms with Crippen LogP contribution in [-0.4, -0.2) is 32.7 Å². The van der Waals surface area contributed by atoms with Gasteiger partial charge in [0.1, 0.15) is 5.65 Å². The third-order valence-corrected chi connectivity index (χ3v) is 7.35. The lowest BCUT2D eigenvalue weighted by Gasteiger charge is -2.56. The molecule has 4 aliphatic carbocycles. The summed E-state index contributed by atoms with van der Waals surface area (Å²) in [6.07, 6.45) is 14.2. The fraction of sp³-hybridized carbons (Fsp3) is 0.652. The number of aliphatic hydroxyl groups is 1. The summed E-state index contributed by atoms with van der Waals surface area (Å²) < 4.78 is 2.11. The molecule has 0 aliphatic heterocycles. The Kier molecular flexibility index (Phi) is 4.66. The molecule has 4 bridgehead atoms. The molecule has 2 heterocycles. The molecule has 0 aromatic carbocycles. The van der Waals surface area contributed by atoms with Crippen LogP contribution in [0, 0.1) is 17.8 Å². The topological polar surface area (TPSA) is 67.2 Å². The minimum Gasteiger partial charge on any atom is -0.396 e. The molecule has 2 N–H and O–H groups in total. The normalized spacial score (nSPS) is 30.8. The van der Waals surface area contributed by atoms with Gasteiger partial charge in [0.25, 0.3) is 5.91 Å². The zero-order valence-corrected chi connectivity index (χ0v) is 16.6. The molecule has 0 saturated heterocycles. The highest BCUT2D eigenvalue weighted by atomic mass is 16.2. The van der Waals surface area contributed by atoms with Crippen molar-refractivity contribution in [3.05, 3.63) is 30.1 Å². The third kappa shape index (κ3) is 3.24. The van der Waals surface area contributed by atoms with Gasteiger partial charge in [-0.25, -0.2) is 4.98 Å². The quantitative estimate of drug-likeness (QED) is 0.715. The van der Waals surface area contributed by atoms with E-state index in [0.29, 0.717) is 0 Å². The van der Waals surface area contributed by atoms with Crippen molar-refractivity contribution in [3.63, 3.8) is 0 Å². The van der Waals surface area contributed by atoms with Gasteiger partial charge >= 0.3 is 0 Å². The molecule has 4 saturated carbocycles. The van der Waals surface area contributed by atoms with Crippen LogP contribution in [0.25, 0.3) is 11.0 Å². The SMILES string of the molecule is O=C(NC12CC3CC(CC(C3)C1)C2)c1cn(CCCCCO)c2ncccc12. The van der Waals surface area contributed by atoms with Crippen LogP contribution in [0.3, 0.4) is 0 Å². The highest BCUT2D eigenvalue weighted by Crippen LogP contribution is 2.55. The maximum absolute atomic E-state index is 13.3. The maximum Gasteiger partial charge on any atom is 0.253 e. The number of aromatic nitrogens is 2. The molecule has 0 atom stereocenters. The van der Waals surface area contributed by atoms with E-state index in [0.717, 1.165) is 60.2 Å². The lowest BCUT2D eigenvalue weighted by molar-refractivity contribution is -0.0166. The Morgan fingerprint density at radius 2 is 1.86 bits per heavy atom. The second-order valence-corrected chi connectivity index (χ2v) is 9.55. The van der Waals surface area contributed by atoms with Gasteiger partial charge in [0, 0.05) is 36.5 Å². The highest BCUT2D eigenvalue weighted by molar-refractivity contribution is 6.06. The predicted molar refractivity (Wildman–Crippen MR) is 109 cm³/mol. The summed E-state index contributed by atoms with van der Waals surface area (Å²) in [5.41, 5.74) is 1.69. The fourth-order valence-electron chi connectivity index (χ4n) is 6.62. The first kappa shape index (κ1) is 18.2. The minimum absolute atomic E-state index is 0.0313. The standard InChI is InChI=1S/C23H31N3O2/c27-8-3-1-2-7-26-15-20(19-5-4-6-24-21(19)26)22(28)25-23-12-16-9-17(13-23)11-18(10-16)14-23/h4-6,15-18,27H,1-3,7-14H2,(H,25,28). The molecule has 28 heavy (non-hydrogen) atoms. The largest absolute Gasteiger partial charge is 0.396 e. The fourth-order valence-corrected chi connectivity index (χ4v) is 6.62. The highest BCUT2D eigenvalue weighted by Gasteiger charge is 2.51. The van der Waals surface area contributed by atoms with Crippen LogP contribution in [0.2, 0.25) is 0 Å². The molecule has 0 radical (unpaired) electrons. The number of amides is 1. The Hall–Kier alpha value is -1.88. The van der Waals surface area contributed by atoms with Gasteiger partial charge in [-0.1, -0.05) is 0 Å². The molecule has 5 nitrogen and oxygen atoms in total. The molecule has 1 amide bonds. The number of carbonyl (C=O) groups is 1.